The lowest BCUT2D eigenvalue weighted by molar-refractivity contribution is 0.599. The summed E-state index contributed by atoms with van der Waals surface area (Å²) in [6.45, 7) is 5.17. The second kappa shape index (κ2) is 7.80. The molecule has 0 aliphatic carbocycles. The van der Waals surface area contributed by atoms with Crippen LogP contribution in [-0.4, -0.2) is 26.8 Å². The molecule has 152 valence electrons. The van der Waals surface area contributed by atoms with Crippen LogP contribution in [0.4, 0.5) is 11.5 Å². The molecule has 1 heterocycles. The monoisotopic (exact) mass is 432 g/mol. The summed E-state index contributed by atoms with van der Waals surface area (Å²) in [6.07, 6.45) is 1.45. The Labute approximate surface area is 170 Å². The molecule has 0 atom stereocenters. The SMILES string of the molecule is Cc1ccc(C)c(S(=O)(=O)Nc2ccc(S(=O)(=O)Nc3ccnc(C)n3)cc2)c1. The van der Waals surface area contributed by atoms with Gasteiger partial charge in [0.25, 0.3) is 20.0 Å². The molecule has 8 nitrogen and oxygen atoms in total. The van der Waals surface area contributed by atoms with E-state index in [0.717, 1.165) is 5.56 Å². The van der Waals surface area contributed by atoms with Gasteiger partial charge in [0.15, 0.2) is 0 Å². The third-order valence-electron chi connectivity index (χ3n) is 4.06. The van der Waals surface area contributed by atoms with Gasteiger partial charge >= 0.3 is 0 Å². The third-order valence-corrected chi connectivity index (χ3v) is 6.96. The van der Waals surface area contributed by atoms with E-state index in [1.54, 1.807) is 26.0 Å². The minimum absolute atomic E-state index is 0.0246. The van der Waals surface area contributed by atoms with Gasteiger partial charge in [0, 0.05) is 11.9 Å². The first-order chi connectivity index (χ1) is 13.6. The van der Waals surface area contributed by atoms with Gasteiger partial charge in [0.2, 0.25) is 0 Å². The lowest BCUT2D eigenvalue weighted by Gasteiger charge is -2.12. The Balaban J connectivity index is 1.82. The maximum atomic E-state index is 12.7. The highest BCUT2D eigenvalue weighted by molar-refractivity contribution is 7.93. The lowest BCUT2D eigenvalue weighted by Crippen LogP contribution is -2.16. The number of hydrogen-bond acceptors (Lipinski definition) is 6. The van der Waals surface area contributed by atoms with Crippen molar-refractivity contribution >= 4 is 31.6 Å². The Kier molecular flexibility index (Phi) is 5.58. The molecule has 0 fully saturated rings. The maximum Gasteiger partial charge on any atom is 0.263 e. The average Bonchev–Trinajstić information content (AvgIpc) is 2.63. The molecule has 3 aromatic rings. The molecular weight excluding hydrogens is 412 g/mol. The van der Waals surface area contributed by atoms with E-state index >= 15 is 0 Å². The van der Waals surface area contributed by atoms with Crippen LogP contribution in [0.3, 0.4) is 0 Å². The molecule has 0 amide bonds. The van der Waals surface area contributed by atoms with E-state index in [1.807, 2.05) is 13.0 Å². The number of aromatic nitrogens is 2. The Bertz CT molecular complexity index is 1260. The minimum Gasteiger partial charge on any atom is -0.280 e. The van der Waals surface area contributed by atoms with E-state index in [0.29, 0.717) is 11.4 Å². The summed E-state index contributed by atoms with van der Waals surface area (Å²) in [5.41, 5.74) is 1.69. The molecule has 0 saturated heterocycles. The molecule has 0 spiro atoms. The first-order valence-corrected chi connectivity index (χ1v) is 11.6. The highest BCUT2D eigenvalue weighted by atomic mass is 32.2. The molecular formula is C19H20N4O4S2. The molecule has 1 aromatic heterocycles. The predicted molar refractivity (Wildman–Crippen MR) is 111 cm³/mol. The number of sulfonamides is 2. The van der Waals surface area contributed by atoms with E-state index in [4.69, 9.17) is 0 Å². The molecule has 3 rings (SSSR count). The van der Waals surface area contributed by atoms with Crippen LogP contribution in [0.2, 0.25) is 0 Å². The molecule has 2 N–H and O–H groups in total. The number of hydrogen-bond donors (Lipinski definition) is 2. The van der Waals surface area contributed by atoms with Gasteiger partial charge in [0.1, 0.15) is 11.6 Å². The largest absolute Gasteiger partial charge is 0.280 e. The zero-order chi connectivity index (χ0) is 21.2. The van der Waals surface area contributed by atoms with Crippen molar-refractivity contribution in [3.63, 3.8) is 0 Å². The molecule has 10 heteroatoms. The van der Waals surface area contributed by atoms with Gasteiger partial charge in [-0.3, -0.25) is 9.44 Å². The van der Waals surface area contributed by atoms with Crippen LogP contribution in [0.1, 0.15) is 17.0 Å². The van der Waals surface area contributed by atoms with E-state index in [9.17, 15) is 16.8 Å². The molecule has 0 unspecified atom stereocenters. The smallest absolute Gasteiger partial charge is 0.263 e. The second-order valence-corrected chi connectivity index (χ2v) is 9.83. The first-order valence-electron chi connectivity index (χ1n) is 8.59. The maximum absolute atomic E-state index is 12.7. The van der Waals surface area contributed by atoms with E-state index in [1.165, 1.54) is 36.5 Å². The summed E-state index contributed by atoms with van der Waals surface area (Å²) in [6, 6.07) is 12.0. The normalized spacial score (nSPS) is 11.8. The number of rotatable bonds is 6. The molecule has 0 saturated carbocycles. The van der Waals surface area contributed by atoms with Crippen LogP contribution >= 0.6 is 0 Å². The van der Waals surface area contributed by atoms with Crippen molar-refractivity contribution in [2.75, 3.05) is 9.44 Å². The standard InChI is InChI=1S/C19H20N4O4S2/c1-13-4-5-14(2)18(12-13)29(26,27)22-16-6-8-17(9-7-16)28(24,25)23-19-10-11-20-15(3)21-19/h4-12,22H,1-3H3,(H,20,21,23). The second-order valence-electron chi connectivity index (χ2n) is 6.49. The van der Waals surface area contributed by atoms with Gasteiger partial charge in [-0.2, -0.15) is 0 Å². The molecule has 2 aromatic carbocycles. The summed E-state index contributed by atoms with van der Waals surface area (Å²) in [4.78, 5) is 8.07. The number of benzene rings is 2. The molecule has 0 bridgehead atoms. The minimum atomic E-state index is -3.87. The van der Waals surface area contributed by atoms with Crippen molar-refractivity contribution in [1.29, 1.82) is 0 Å². The van der Waals surface area contributed by atoms with E-state index in [-0.39, 0.29) is 21.3 Å². The van der Waals surface area contributed by atoms with Crippen LogP contribution in [0.25, 0.3) is 0 Å². The van der Waals surface area contributed by atoms with Crippen molar-refractivity contribution in [3.05, 3.63) is 71.7 Å². The fraction of sp³-hybridized carbons (Fsp3) is 0.158. The fourth-order valence-electron chi connectivity index (χ4n) is 2.62. The highest BCUT2D eigenvalue weighted by Gasteiger charge is 2.19. The summed E-state index contributed by atoms with van der Waals surface area (Å²) < 4.78 is 55.2. The summed E-state index contributed by atoms with van der Waals surface area (Å²) in [7, 11) is -7.67. The number of anilines is 2. The Morgan fingerprint density at radius 1 is 0.793 bits per heavy atom. The fourth-order valence-corrected chi connectivity index (χ4v) is 5.01. The third kappa shape index (κ3) is 4.90. The van der Waals surface area contributed by atoms with Crippen molar-refractivity contribution in [3.8, 4) is 0 Å². The van der Waals surface area contributed by atoms with Crippen LogP contribution in [0.5, 0.6) is 0 Å². The molecule has 29 heavy (non-hydrogen) atoms. The molecule has 0 aliphatic rings. The average molecular weight is 433 g/mol. The van der Waals surface area contributed by atoms with Crippen LogP contribution in [-0.2, 0) is 20.0 Å². The van der Waals surface area contributed by atoms with Gasteiger partial charge in [-0.15, -0.1) is 0 Å². The van der Waals surface area contributed by atoms with Crippen molar-refractivity contribution < 1.29 is 16.8 Å². The van der Waals surface area contributed by atoms with E-state index in [2.05, 4.69) is 19.4 Å². The quantitative estimate of drug-likeness (QED) is 0.618. The van der Waals surface area contributed by atoms with Crippen molar-refractivity contribution in [2.24, 2.45) is 0 Å². The Morgan fingerprint density at radius 2 is 1.48 bits per heavy atom. The number of nitrogens with one attached hydrogen (secondary N) is 2. The summed E-state index contributed by atoms with van der Waals surface area (Å²) >= 11 is 0. The number of nitrogens with zero attached hydrogens (tertiary/aromatic N) is 2. The van der Waals surface area contributed by atoms with Gasteiger partial charge < -0.3 is 0 Å². The lowest BCUT2D eigenvalue weighted by atomic mass is 10.2. The zero-order valence-corrected chi connectivity index (χ0v) is 17.7. The Morgan fingerprint density at radius 3 is 2.14 bits per heavy atom. The van der Waals surface area contributed by atoms with Gasteiger partial charge in [-0.25, -0.2) is 26.8 Å². The topological polar surface area (TPSA) is 118 Å². The van der Waals surface area contributed by atoms with Crippen molar-refractivity contribution in [2.45, 2.75) is 30.6 Å². The molecule has 0 aliphatic heterocycles. The van der Waals surface area contributed by atoms with Crippen LogP contribution in [0, 0.1) is 20.8 Å². The summed E-state index contributed by atoms with van der Waals surface area (Å²) in [5, 5.41) is 0. The van der Waals surface area contributed by atoms with E-state index < -0.39 is 20.0 Å². The van der Waals surface area contributed by atoms with Gasteiger partial charge in [-0.05, 0) is 68.3 Å². The Hall–Kier alpha value is -2.98. The van der Waals surface area contributed by atoms with Crippen LogP contribution in [0.15, 0.2) is 64.5 Å². The summed E-state index contributed by atoms with van der Waals surface area (Å²) in [5.74, 6) is 0.582. The number of aryl methyl sites for hydroxylation is 3. The zero-order valence-electron chi connectivity index (χ0n) is 16.0. The molecule has 0 radical (unpaired) electrons. The first kappa shape index (κ1) is 20.7. The van der Waals surface area contributed by atoms with Crippen LogP contribution < -0.4 is 9.44 Å². The predicted octanol–water partition coefficient (Wildman–Crippen LogP) is 3.00. The van der Waals surface area contributed by atoms with Crippen molar-refractivity contribution in [1.82, 2.24) is 9.97 Å². The highest BCUT2D eigenvalue weighted by Crippen LogP contribution is 2.22. The van der Waals surface area contributed by atoms with Gasteiger partial charge in [-0.1, -0.05) is 12.1 Å². The van der Waals surface area contributed by atoms with Gasteiger partial charge in [0.05, 0.1) is 9.79 Å².